The van der Waals surface area contributed by atoms with Crippen molar-refractivity contribution in [3.05, 3.63) is 59.7 Å². The van der Waals surface area contributed by atoms with Gasteiger partial charge >= 0.3 is 6.03 Å². The van der Waals surface area contributed by atoms with Gasteiger partial charge in [-0.15, -0.1) is 0 Å². The van der Waals surface area contributed by atoms with Gasteiger partial charge in [0.15, 0.2) is 11.5 Å². The molecule has 0 fully saturated rings. The summed E-state index contributed by atoms with van der Waals surface area (Å²) in [7, 11) is 1.63. The summed E-state index contributed by atoms with van der Waals surface area (Å²) in [6.45, 7) is 0.941. The zero-order valence-electron chi connectivity index (χ0n) is 13.0. The summed E-state index contributed by atoms with van der Waals surface area (Å²) in [5.41, 5.74) is 2.11. The molecular weight excluding hydrogens is 292 g/mol. The second-order valence-electron chi connectivity index (χ2n) is 5.47. The quantitative estimate of drug-likeness (QED) is 0.912. The monoisotopic (exact) mass is 312 g/mol. The number of rotatable bonds is 4. The maximum Gasteiger partial charge on any atom is 0.315 e. The van der Waals surface area contributed by atoms with Crippen molar-refractivity contribution in [2.45, 2.75) is 19.0 Å². The van der Waals surface area contributed by atoms with Gasteiger partial charge < -0.3 is 20.1 Å². The summed E-state index contributed by atoms with van der Waals surface area (Å²) in [4.78, 5) is 12.0. The molecule has 0 saturated carbocycles. The molecule has 2 aromatic carbocycles. The predicted molar refractivity (Wildman–Crippen MR) is 87.8 cm³/mol. The largest absolute Gasteiger partial charge is 0.493 e. The van der Waals surface area contributed by atoms with Gasteiger partial charge in [-0.3, -0.25) is 0 Å². The van der Waals surface area contributed by atoms with Crippen molar-refractivity contribution in [2.75, 3.05) is 13.7 Å². The molecule has 1 aliphatic rings. The van der Waals surface area contributed by atoms with Crippen LogP contribution in [0.4, 0.5) is 4.79 Å². The Labute approximate surface area is 135 Å². The molecule has 2 N–H and O–H groups in total. The van der Waals surface area contributed by atoms with E-state index in [1.165, 1.54) is 0 Å². The van der Waals surface area contributed by atoms with Gasteiger partial charge in [-0.05, 0) is 18.1 Å². The normalized spacial score (nSPS) is 16.0. The minimum atomic E-state index is -0.186. The van der Waals surface area contributed by atoms with Crippen LogP contribution in [-0.4, -0.2) is 25.8 Å². The van der Waals surface area contributed by atoms with Gasteiger partial charge in [-0.1, -0.05) is 42.5 Å². The van der Waals surface area contributed by atoms with Crippen LogP contribution < -0.4 is 20.1 Å². The highest BCUT2D eigenvalue weighted by Crippen LogP contribution is 2.34. The van der Waals surface area contributed by atoms with Crippen LogP contribution in [0, 0.1) is 0 Å². The van der Waals surface area contributed by atoms with Gasteiger partial charge in [0.1, 0.15) is 6.61 Å². The van der Waals surface area contributed by atoms with Crippen LogP contribution in [0.25, 0.3) is 0 Å². The Hall–Kier alpha value is -2.69. The average molecular weight is 312 g/mol. The van der Waals surface area contributed by atoms with E-state index in [0.717, 1.165) is 29.0 Å². The third-order valence-corrected chi connectivity index (χ3v) is 3.81. The molecule has 0 saturated heterocycles. The molecule has 2 amide bonds. The Morgan fingerprint density at radius 3 is 2.83 bits per heavy atom. The van der Waals surface area contributed by atoms with Crippen LogP contribution in [0.3, 0.4) is 0 Å². The lowest BCUT2D eigenvalue weighted by Crippen LogP contribution is -2.47. The number of fused-ring (bicyclic) bond motifs is 1. The molecule has 23 heavy (non-hydrogen) atoms. The standard InChI is InChI=1S/C18H20N2O3/c1-22-16-9-5-8-14-10-15(12-23-17(14)16)20-18(21)19-11-13-6-3-2-4-7-13/h2-9,15H,10-12H2,1H3,(H2,19,20,21)/t15-/m0/s1. The van der Waals surface area contributed by atoms with E-state index < -0.39 is 0 Å². The maximum absolute atomic E-state index is 12.0. The highest BCUT2D eigenvalue weighted by atomic mass is 16.5. The fourth-order valence-corrected chi connectivity index (χ4v) is 2.66. The molecule has 3 rings (SSSR count). The van der Waals surface area contributed by atoms with Crippen LogP contribution in [0.15, 0.2) is 48.5 Å². The van der Waals surface area contributed by atoms with Crippen LogP contribution >= 0.6 is 0 Å². The fourth-order valence-electron chi connectivity index (χ4n) is 2.66. The number of para-hydroxylation sites is 1. The van der Waals surface area contributed by atoms with E-state index in [4.69, 9.17) is 9.47 Å². The van der Waals surface area contributed by atoms with Gasteiger partial charge in [0.2, 0.25) is 0 Å². The number of nitrogens with one attached hydrogen (secondary N) is 2. The first-order valence-corrected chi connectivity index (χ1v) is 7.63. The Bertz CT molecular complexity index is 673. The van der Waals surface area contributed by atoms with E-state index in [-0.39, 0.29) is 12.1 Å². The van der Waals surface area contributed by atoms with Crippen molar-refractivity contribution in [1.29, 1.82) is 0 Å². The van der Waals surface area contributed by atoms with Crippen molar-refractivity contribution < 1.29 is 14.3 Å². The Morgan fingerprint density at radius 2 is 2.04 bits per heavy atom. The van der Waals surface area contributed by atoms with Gasteiger partial charge in [0, 0.05) is 12.1 Å². The topological polar surface area (TPSA) is 59.6 Å². The zero-order chi connectivity index (χ0) is 16.1. The highest BCUT2D eigenvalue weighted by Gasteiger charge is 2.23. The van der Waals surface area contributed by atoms with Crippen LogP contribution in [-0.2, 0) is 13.0 Å². The predicted octanol–water partition coefficient (Wildman–Crippen LogP) is 2.50. The van der Waals surface area contributed by atoms with Crippen LogP contribution in [0.5, 0.6) is 11.5 Å². The number of carbonyl (C=O) groups excluding carboxylic acids is 1. The summed E-state index contributed by atoms with van der Waals surface area (Å²) in [5.74, 6) is 1.51. The van der Waals surface area contributed by atoms with Crippen molar-refractivity contribution in [3.63, 3.8) is 0 Å². The number of ether oxygens (including phenoxy) is 2. The van der Waals surface area contributed by atoms with Crippen molar-refractivity contribution in [2.24, 2.45) is 0 Å². The maximum atomic E-state index is 12.0. The number of amides is 2. The summed E-state index contributed by atoms with van der Waals surface area (Å²) in [6, 6.07) is 15.4. The summed E-state index contributed by atoms with van der Waals surface area (Å²) in [5, 5.41) is 5.81. The molecule has 0 bridgehead atoms. The van der Waals surface area contributed by atoms with Gasteiger partial charge in [0.25, 0.3) is 0 Å². The van der Waals surface area contributed by atoms with Crippen molar-refractivity contribution >= 4 is 6.03 Å². The lowest BCUT2D eigenvalue weighted by atomic mass is 10.0. The summed E-state index contributed by atoms with van der Waals surface area (Å²) >= 11 is 0. The molecule has 1 aliphatic heterocycles. The lowest BCUT2D eigenvalue weighted by Gasteiger charge is -2.27. The number of carbonyl (C=O) groups is 1. The van der Waals surface area contributed by atoms with Crippen molar-refractivity contribution in [1.82, 2.24) is 10.6 Å². The minimum absolute atomic E-state index is 0.0506. The molecule has 2 aromatic rings. The average Bonchev–Trinajstić information content (AvgIpc) is 2.60. The number of urea groups is 1. The van der Waals surface area contributed by atoms with Gasteiger partial charge in [0.05, 0.1) is 13.2 Å². The van der Waals surface area contributed by atoms with Gasteiger partial charge in [-0.25, -0.2) is 4.79 Å². The molecule has 1 heterocycles. The molecule has 120 valence electrons. The molecule has 0 radical (unpaired) electrons. The second kappa shape index (κ2) is 7.05. The molecule has 0 aromatic heterocycles. The van der Waals surface area contributed by atoms with Gasteiger partial charge in [-0.2, -0.15) is 0 Å². The van der Waals surface area contributed by atoms with Crippen LogP contribution in [0.2, 0.25) is 0 Å². The summed E-state index contributed by atoms with van der Waals surface area (Å²) in [6.07, 6.45) is 0.727. The molecule has 0 spiro atoms. The van der Waals surface area contributed by atoms with E-state index in [2.05, 4.69) is 10.6 Å². The van der Waals surface area contributed by atoms with E-state index >= 15 is 0 Å². The van der Waals surface area contributed by atoms with E-state index in [0.29, 0.717) is 13.2 Å². The SMILES string of the molecule is COc1cccc2c1OC[C@@H](NC(=O)NCc1ccccc1)C2. The van der Waals surface area contributed by atoms with E-state index in [1.807, 2.05) is 48.5 Å². The van der Waals surface area contributed by atoms with Crippen LogP contribution in [0.1, 0.15) is 11.1 Å². The van der Waals surface area contributed by atoms with Crippen molar-refractivity contribution in [3.8, 4) is 11.5 Å². The molecule has 0 aliphatic carbocycles. The first kappa shape index (κ1) is 15.2. The molecule has 5 heteroatoms. The number of hydrogen-bond donors (Lipinski definition) is 2. The van der Waals surface area contributed by atoms with E-state index in [1.54, 1.807) is 7.11 Å². The second-order valence-corrected chi connectivity index (χ2v) is 5.47. The minimum Gasteiger partial charge on any atom is -0.493 e. The zero-order valence-corrected chi connectivity index (χ0v) is 13.0. The molecule has 1 atom stereocenters. The lowest BCUT2D eigenvalue weighted by molar-refractivity contribution is 0.210. The Morgan fingerprint density at radius 1 is 1.22 bits per heavy atom. The third kappa shape index (κ3) is 3.74. The molecule has 5 nitrogen and oxygen atoms in total. The molecule has 0 unspecified atom stereocenters. The summed E-state index contributed by atoms with van der Waals surface area (Å²) < 4.78 is 11.0. The Kier molecular flexibility index (Phi) is 4.66. The first-order valence-electron chi connectivity index (χ1n) is 7.63. The fraction of sp³-hybridized carbons (Fsp3) is 0.278. The van der Waals surface area contributed by atoms with E-state index in [9.17, 15) is 4.79 Å². The number of methoxy groups -OCH3 is 1. The highest BCUT2D eigenvalue weighted by molar-refractivity contribution is 5.74. The molecular formula is C18H20N2O3. The smallest absolute Gasteiger partial charge is 0.315 e. The first-order chi connectivity index (χ1) is 11.3. The number of benzene rings is 2. The third-order valence-electron chi connectivity index (χ3n) is 3.81. The number of hydrogen-bond acceptors (Lipinski definition) is 3. The Balaban J connectivity index is 1.54.